The molecule has 0 fully saturated rings. The van der Waals surface area contributed by atoms with Gasteiger partial charge in [-0.3, -0.25) is 0 Å². The first-order valence-electron chi connectivity index (χ1n) is 3.14. The highest BCUT2D eigenvalue weighted by Gasteiger charge is 2.18. The van der Waals surface area contributed by atoms with E-state index in [1.165, 1.54) is 12.0 Å². The van der Waals surface area contributed by atoms with Crippen LogP contribution in [-0.2, 0) is 0 Å². The van der Waals surface area contributed by atoms with Gasteiger partial charge in [-0.15, -0.1) is 0 Å². The van der Waals surface area contributed by atoms with E-state index in [0.29, 0.717) is 12.0 Å². The zero-order valence-electron chi connectivity index (χ0n) is 5.52. The average Bonchev–Trinajstić information content (AvgIpc) is 1.98. The van der Waals surface area contributed by atoms with E-state index in [9.17, 15) is 0 Å². The second kappa shape index (κ2) is 1.90. The fourth-order valence-corrected chi connectivity index (χ4v) is 1.10. The molecule has 8 heavy (non-hydrogen) atoms. The van der Waals surface area contributed by atoms with Gasteiger partial charge in [0, 0.05) is 6.04 Å². The molecule has 0 aliphatic heterocycles. The van der Waals surface area contributed by atoms with Gasteiger partial charge >= 0.3 is 0 Å². The van der Waals surface area contributed by atoms with Crippen LogP contribution in [0.1, 0.15) is 20.3 Å². The second-order valence-corrected chi connectivity index (χ2v) is 2.69. The van der Waals surface area contributed by atoms with Crippen LogP contribution in [0.3, 0.4) is 0 Å². The van der Waals surface area contributed by atoms with E-state index in [1.54, 1.807) is 0 Å². The molecule has 0 amide bonds. The molecule has 1 aliphatic carbocycles. The Morgan fingerprint density at radius 2 is 2.38 bits per heavy atom. The summed E-state index contributed by atoms with van der Waals surface area (Å²) in [6, 6.07) is 0.343. The summed E-state index contributed by atoms with van der Waals surface area (Å²) in [6.45, 7) is 4.30. The molecule has 0 aromatic heterocycles. The summed E-state index contributed by atoms with van der Waals surface area (Å²) in [6.07, 6.45) is 3.41. The highest BCUT2D eigenvalue weighted by molar-refractivity contribution is 5.14. The van der Waals surface area contributed by atoms with Crippen molar-refractivity contribution < 1.29 is 0 Å². The van der Waals surface area contributed by atoms with Crippen molar-refractivity contribution in [3.05, 3.63) is 11.6 Å². The van der Waals surface area contributed by atoms with E-state index in [4.69, 9.17) is 5.73 Å². The minimum Gasteiger partial charge on any atom is -0.324 e. The molecule has 1 heteroatoms. The summed E-state index contributed by atoms with van der Waals surface area (Å²) >= 11 is 0. The van der Waals surface area contributed by atoms with E-state index in [2.05, 4.69) is 19.9 Å². The van der Waals surface area contributed by atoms with Gasteiger partial charge in [-0.05, 0) is 19.3 Å². The van der Waals surface area contributed by atoms with Crippen LogP contribution in [0.4, 0.5) is 0 Å². The maximum absolute atomic E-state index is 5.75. The van der Waals surface area contributed by atoms with Crippen molar-refractivity contribution in [1.82, 2.24) is 0 Å². The van der Waals surface area contributed by atoms with E-state index < -0.39 is 0 Å². The van der Waals surface area contributed by atoms with E-state index in [1.807, 2.05) is 0 Å². The molecule has 0 aromatic rings. The van der Waals surface area contributed by atoms with Crippen molar-refractivity contribution in [2.45, 2.75) is 26.3 Å². The van der Waals surface area contributed by atoms with Crippen molar-refractivity contribution in [1.29, 1.82) is 0 Å². The Hall–Kier alpha value is -0.300. The summed E-state index contributed by atoms with van der Waals surface area (Å²) in [5.74, 6) is 0.676. The SMILES string of the molecule is CC1=CCC(C)C1N. The third kappa shape index (κ3) is 0.781. The minimum absolute atomic E-state index is 0.343. The first kappa shape index (κ1) is 5.83. The lowest BCUT2D eigenvalue weighted by Gasteiger charge is -2.09. The van der Waals surface area contributed by atoms with Gasteiger partial charge in [0.05, 0.1) is 0 Å². The maximum atomic E-state index is 5.75. The summed E-state index contributed by atoms with van der Waals surface area (Å²) in [5, 5.41) is 0. The molecular formula is C7H13N. The number of hydrogen-bond acceptors (Lipinski definition) is 1. The van der Waals surface area contributed by atoms with Gasteiger partial charge < -0.3 is 5.73 Å². The molecule has 0 radical (unpaired) electrons. The molecule has 0 aromatic carbocycles. The van der Waals surface area contributed by atoms with Crippen molar-refractivity contribution in [2.24, 2.45) is 11.7 Å². The van der Waals surface area contributed by atoms with Crippen LogP contribution in [0.15, 0.2) is 11.6 Å². The number of allylic oxidation sites excluding steroid dienone is 1. The van der Waals surface area contributed by atoms with Gasteiger partial charge in [-0.1, -0.05) is 18.6 Å². The topological polar surface area (TPSA) is 26.0 Å². The fraction of sp³-hybridized carbons (Fsp3) is 0.714. The van der Waals surface area contributed by atoms with Gasteiger partial charge in [0.1, 0.15) is 0 Å². The molecule has 1 aliphatic rings. The van der Waals surface area contributed by atoms with Crippen LogP contribution in [-0.4, -0.2) is 6.04 Å². The fourth-order valence-electron chi connectivity index (χ4n) is 1.10. The second-order valence-electron chi connectivity index (χ2n) is 2.69. The monoisotopic (exact) mass is 111 g/mol. The standard InChI is InChI=1S/C7H13N/c1-5-3-4-6(2)7(5)8/h3,6-7H,4,8H2,1-2H3. The molecule has 0 saturated carbocycles. The van der Waals surface area contributed by atoms with Crippen molar-refractivity contribution >= 4 is 0 Å². The number of rotatable bonds is 0. The molecular weight excluding hydrogens is 98.1 g/mol. The van der Waals surface area contributed by atoms with Crippen LogP contribution in [0.2, 0.25) is 0 Å². The Bertz CT molecular complexity index is 116. The van der Waals surface area contributed by atoms with Gasteiger partial charge in [-0.2, -0.15) is 0 Å². The Morgan fingerprint density at radius 1 is 1.75 bits per heavy atom. The third-order valence-electron chi connectivity index (χ3n) is 1.95. The van der Waals surface area contributed by atoms with E-state index in [0.717, 1.165) is 0 Å². The lowest BCUT2D eigenvalue weighted by molar-refractivity contribution is 0.545. The maximum Gasteiger partial charge on any atom is 0.0279 e. The molecule has 1 nitrogen and oxygen atoms in total. The lowest BCUT2D eigenvalue weighted by Crippen LogP contribution is -2.24. The number of hydrogen-bond donors (Lipinski definition) is 1. The van der Waals surface area contributed by atoms with Crippen molar-refractivity contribution in [3.8, 4) is 0 Å². The van der Waals surface area contributed by atoms with Gasteiger partial charge in [-0.25, -0.2) is 0 Å². The molecule has 0 spiro atoms. The quantitative estimate of drug-likeness (QED) is 0.468. The molecule has 2 unspecified atom stereocenters. The summed E-state index contributed by atoms with van der Waals surface area (Å²) in [4.78, 5) is 0. The van der Waals surface area contributed by atoms with E-state index >= 15 is 0 Å². The predicted molar refractivity (Wildman–Crippen MR) is 35.5 cm³/mol. The molecule has 0 saturated heterocycles. The molecule has 46 valence electrons. The van der Waals surface area contributed by atoms with E-state index in [-0.39, 0.29) is 0 Å². The molecule has 1 rings (SSSR count). The van der Waals surface area contributed by atoms with Gasteiger partial charge in [0.2, 0.25) is 0 Å². The minimum atomic E-state index is 0.343. The van der Waals surface area contributed by atoms with Crippen LogP contribution in [0.25, 0.3) is 0 Å². The number of nitrogens with two attached hydrogens (primary N) is 1. The molecule has 0 heterocycles. The highest BCUT2D eigenvalue weighted by atomic mass is 14.7. The lowest BCUT2D eigenvalue weighted by atomic mass is 10.0. The summed E-state index contributed by atoms with van der Waals surface area (Å²) in [5.41, 5.74) is 7.11. The van der Waals surface area contributed by atoms with Gasteiger partial charge in [0.25, 0.3) is 0 Å². The van der Waals surface area contributed by atoms with Crippen LogP contribution in [0, 0.1) is 5.92 Å². The predicted octanol–water partition coefficient (Wildman–Crippen LogP) is 1.30. The van der Waals surface area contributed by atoms with Crippen LogP contribution < -0.4 is 5.73 Å². The smallest absolute Gasteiger partial charge is 0.0279 e. The third-order valence-corrected chi connectivity index (χ3v) is 1.95. The van der Waals surface area contributed by atoms with Gasteiger partial charge in [0.15, 0.2) is 0 Å². The first-order chi connectivity index (χ1) is 3.72. The Kier molecular flexibility index (Phi) is 1.39. The molecule has 2 N–H and O–H groups in total. The highest BCUT2D eigenvalue weighted by Crippen LogP contribution is 2.21. The Morgan fingerprint density at radius 3 is 2.50 bits per heavy atom. The van der Waals surface area contributed by atoms with Crippen LogP contribution in [0.5, 0.6) is 0 Å². The largest absolute Gasteiger partial charge is 0.324 e. The van der Waals surface area contributed by atoms with Crippen molar-refractivity contribution in [2.75, 3.05) is 0 Å². The van der Waals surface area contributed by atoms with Crippen LogP contribution >= 0.6 is 0 Å². The van der Waals surface area contributed by atoms with Crippen molar-refractivity contribution in [3.63, 3.8) is 0 Å². The molecule has 2 atom stereocenters. The normalized spacial score (nSPS) is 37.6. The average molecular weight is 111 g/mol. The zero-order valence-corrected chi connectivity index (χ0v) is 5.52. The Balaban J connectivity index is 2.59. The zero-order chi connectivity index (χ0) is 6.15. The summed E-state index contributed by atoms with van der Waals surface area (Å²) in [7, 11) is 0. The summed E-state index contributed by atoms with van der Waals surface area (Å²) < 4.78 is 0. The Labute approximate surface area is 50.6 Å². The first-order valence-corrected chi connectivity index (χ1v) is 3.14. The molecule has 0 bridgehead atoms.